The van der Waals surface area contributed by atoms with E-state index < -0.39 is 11.8 Å². The Morgan fingerprint density at radius 1 is 1.53 bits per heavy atom. The molecule has 4 N–H and O–H groups in total. The van der Waals surface area contributed by atoms with Crippen molar-refractivity contribution in [2.45, 2.75) is 6.42 Å². The van der Waals surface area contributed by atoms with Gasteiger partial charge in [-0.25, -0.2) is 9.18 Å². The molecule has 0 aliphatic carbocycles. The van der Waals surface area contributed by atoms with Gasteiger partial charge in [0.1, 0.15) is 11.4 Å². The van der Waals surface area contributed by atoms with Crippen LogP contribution in [0.3, 0.4) is 0 Å². The van der Waals surface area contributed by atoms with Gasteiger partial charge in [-0.05, 0) is 25.1 Å². The lowest BCUT2D eigenvalue weighted by Crippen LogP contribution is -2.25. The predicted molar refractivity (Wildman–Crippen MR) is 63.6 cm³/mol. The average Bonchev–Trinajstić information content (AvgIpc) is 2.33. The van der Waals surface area contributed by atoms with Gasteiger partial charge in [0.25, 0.3) is 0 Å². The fraction of sp³-hybridized carbons (Fsp3) is 0.364. The Kier molecular flexibility index (Phi) is 5.22. The van der Waals surface area contributed by atoms with Crippen LogP contribution >= 0.6 is 0 Å². The first kappa shape index (κ1) is 13.2. The number of urea groups is 1. The summed E-state index contributed by atoms with van der Waals surface area (Å²) in [6, 6.07) is 3.85. The maximum absolute atomic E-state index is 13.5. The number of hydrogen-bond donors (Lipinski definition) is 3. The minimum atomic E-state index is -0.543. The molecule has 0 saturated heterocycles. The fourth-order valence-electron chi connectivity index (χ4n) is 1.19. The number of nitrogens with one attached hydrogen (secondary N) is 2. The predicted octanol–water partition coefficient (Wildman–Crippen LogP) is 1.30. The quantitative estimate of drug-likeness (QED) is 0.680. The number of ether oxygens (including phenoxy) is 1. The van der Waals surface area contributed by atoms with Crippen molar-refractivity contribution < 1.29 is 13.9 Å². The molecule has 0 radical (unpaired) electrons. The van der Waals surface area contributed by atoms with E-state index in [9.17, 15) is 9.18 Å². The summed E-state index contributed by atoms with van der Waals surface area (Å²) in [6.07, 6.45) is 0.663. The van der Waals surface area contributed by atoms with Crippen molar-refractivity contribution in [1.29, 1.82) is 0 Å². The Bertz CT molecular complexity index is 385. The Labute approximate surface area is 99.1 Å². The molecule has 0 atom stereocenters. The number of rotatable bonds is 5. The van der Waals surface area contributed by atoms with Gasteiger partial charge < -0.3 is 21.1 Å². The number of halogens is 1. The van der Waals surface area contributed by atoms with Crippen LogP contribution in [0, 0.1) is 5.82 Å². The highest BCUT2D eigenvalue weighted by atomic mass is 19.1. The molecule has 0 aliphatic heterocycles. The van der Waals surface area contributed by atoms with Gasteiger partial charge in [-0.2, -0.15) is 0 Å². The van der Waals surface area contributed by atoms with E-state index in [0.717, 1.165) is 0 Å². The zero-order valence-corrected chi connectivity index (χ0v) is 9.63. The number of carbonyl (C=O) groups is 1. The third kappa shape index (κ3) is 3.92. The van der Waals surface area contributed by atoms with Crippen molar-refractivity contribution in [1.82, 2.24) is 5.32 Å². The summed E-state index contributed by atoms with van der Waals surface area (Å²) in [6.45, 7) is 0.871. The van der Waals surface area contributed by atoms with Gasteiger partial charge in [0.15, 0.2) is 5.82 Å². The maximum Gasteiger partial charge on any atom is 0.319 e. The molecule has 1 aromatic carbocycles. The smallest absolute Gasteiger partial charge is 0.319 e. The van der Waals surface area contributed by atoms with Crippen LogP contribution < -0.4 is 21.1 Å². The van der Waals surface area contributed by atoms with Crippen molar-refractivity contribution in [3.8, 4) is 5.75 Å². The van der Waals surface area contributed by atoms with Crippen molar-refractivity contribution in [3.05, 3.63) is 24.0 Å². The Morgan fingerprint density at radius 2 is 2.29 bits per heavy atom. The van der Waals surface area contributed by atoms with E-state index in [1.54, 1.807) is 6.07 Å². The molecular formula is C11H16FN3O2. The standard InChI is InChI=1S/C11H16FN3O2/c1-14-11(16)15-10-8(12)4-2-5-9(10)17-7-3-6-13/h2,4-5H,3,6-7,13H2,1H3,(H2,14,15,16). The first-order valence-electron chi connectivity index (χ1n) is 5.29. The summed E-state index contributed by atoms with van der Waals surface area (Å²) in [5.41, 5.74) is 5.36. The molecular weight excluding hydrogens is 225 g/mol. The lowest BCUT2D eigenvalue weighted by molar-refractivity contribution is 0.253. The minimum Gasteiger partial charge on any atom is -0.491 e. The molecule has 1 aromatic rings. The Morgan fingerprint density at radius 3 is 2.94 bits per heavy atom. The van der Waals surface area contributed by atoms with Gasteiger partial charge in [-0.3, -0.25) is 0 Å². The number of benzene rings is 1. The van der Waals surface area contributed by atoms with Crippen LogP contribution in [-0.4, -0.2) is 26.2 Å². The van der Waals surface area contributed by atoms with Gasteiger partial charge in [-0.1, -0.05) is 6.07 Å². The van der Waals surface area contributed by atoms with Crippen LogP contribution in [0.5, 0.6) is 5.75 Å². The number of para-hydroxylation sites is 1. The molecule has 2 amide bonds. The van der Waals surface area contributed by atoms with E-state index in [4.69, 9.17) is 10.5 Å². The molecule has 0 heterocycles. The normalized spacial score (nSPS) is 9.82. The largest absolute Gasteiger partial charge is 0.491 e. The molecule has 5 nitrogen and oxygen atoms in total. The van der Waals surface area contributed by atoms with Crippen LogP contribution in [0.1, 0.15) is 6.42 Å². The molecule has 6 heteroatoms. The SMILES string of the molecule is CNC(=O)Nc1c(F)cccc1OCCCN. The summed E-state index contributed by atoms with van der Waals surface area (Å²) in [5.74, 6) is -0.249. The van der Waals surface area contributed by atoms with E-state index in [-0.39, 0.29) is 5.69 Å². The van der Waals surface area contributed by atoms with Crippen molar-refractivity contribution >= 4 is 11.7 Å². The van der Waals surface area contributed by atoms with E-state index in [1.807, 2.05) is 0 Å². The summed E-state index contributed by atoms with van der Waals surface area (Å²) >= 11 is 0. The lowest BCUT2D eigenvalue weighted by atomic mass is 10.2. The second-order valence-corrected chi connectivity index (χ2v) is 3.31. The highest BCUT2D eigenvalue weighted by molar-refractivity contribution is 5.90. The summed E-state index contributed by atoms with van der Waals surface area (Å²) in [5, 5.41) is 4.72. The van der Waals surface area contributed by atoms with E-state index in [1.165, 1.54) is 19.2 Å². The molecule has 0 spiro atoms. The maximum atomic E-state index is 13.5. The molecule has 0 fully saturated rings. The average molecular weight is 241 g/mol. The number of nitrogens with two attached hydrogens (primary N) is 1. The zero-order chi connectivity index (χ0) is 12.7. The van der Waals surface area contributed by atoms with Gasteiger partial charge in [0.05, 0.1) is 6.61 Å². The number of amides is 2. The topological polar surface area (TPSA) is 76.4 Å². The third-order valence-electron chi connectivity index (χ3n) is 2.05. The summed E-state index contributed by atoms with van der Waals surface area (Å²) < 4.78 is 18.9. The highest BCUT2D eigenvalue weighted by Gasteiger charge is 2.11. The highest BCUT2D eigenvalue weighted by Crippen LogP contribution is 2.27. The van der Waals surface area contributed by atoms with Crippen LogP contribution in [0.2, 0.25) is 0 Å². The second-order valence-electron chi connectivity index (χ2n) is 3.31. The van der Waals surface area contributed by atoms with Crippen LogP contribution in [0.25, 0.3) is 0 Å². The van der Waals surface area contributed by atoms with Crippen LogP contribution in [0.15, 0.2) is 18.2 Å². The second kappa shape index (κ2) is 6.70. The molecule has 0 saturated carbocycles. The van der Waals surface area contributed by atoms with Crippen molar-refractivity contribution in [2.24, 2.45) is 5.73 Å². The minimum absolute atomic E-state index is 0.0314. The first-order chi connectivity index (χ1) is 8.19. The first-order valence-corrected chi connectivity index (χ1v) is 5.29. The lowest BCUT2D eigenvalue weighted by Gasteiger charge is -2.12. The molecule has 0 aromatic heterocycles. The van der Waals surface area contributed by atoms with E-state index >= 15 is 0 Å². The van der Waals surface area contributed by atoms with Crippen molar-refractivity contribution in [3.63, 3.8) is 0 Å². The number of anilines is 1. The summed E-state index contributed by atoms with van der Waals surface area (Å²) in [4.78, 5) is 11.2. The van der Waals surface area contributed by atoms with Gasteiger partial charge in [0.2, 0.25) is 0 Å². The molecule has 0 bridgehead atoms. The number of carbonyl (C=O) groups excluding carboxylic acids is 1. The van der Waals surface area contributed by atoms with Crippen molar-refractivity contribution in [2.75, 3.05) is 25.5 Å². The van der Waals surface area contributed by atoms with E-state index in [0.29, 0.717) is 25.3 Å². The molecule has 0 unspecified atom stereocenters. The summed E-state index contributed by atoms with van der Waals surface area (Å²) in [7, 11) is 1.45. The molecule has 94 valence electrons. The van der Waals surface area contributed by atoms with Crippen LogP contribution in [-0.2, 0) is 0 Å². The fourth-order valence-corrected chi connectivity index (χ4v) is 1.19. The molecule has 1 rings (SSSR count). The van der Waals surface area contributed by atoms with E-state index in [2.05, 4.69) is 10.6 Å². The number of hydrogen-bond acceptors (Lipinski definition) is 3. The zero-order valence-electron chi connectivity index (χ0n) is 9.63. The van der Waals surface area contributed by atoms with Crippen LogP contribution in [0.4, 0.5) is 14.9 Å². The Balaban J connectivity index is 2.80. The van der Waals surface area contributed by atoms with Gasteiger partial charge in [0, 0.05) is 7.05 Å². The third-order valence-corrected chi connectivity index (χ3v) is 2.05. The Hall–Kier alpha value is -1.82. The molecule has 0 aliphatic rings. The monoisotopic (exact) mass is 241 g/mol. The molecule has 17 heavy (non-hydrogen) atoms. The van der Waals surface area contributed by atoms with Gasteiger partial charge >= 0.3 is 6.03 Å². The van der Waals surface area contributed by atoms with Gasteiger partial charge in [-0.15, -0.1) is 0 Å².